The molecule has 1 aromatic carbocycles. The smallest absolute Gasteiger partial charge is 0.253 e. The predicted molar refractivity (Wildman–Crippen MR) is 75.4 cm³/mol. The molecular weight excluding hydrogens is 266 g/mol. The molecule has 0 fully saturated rings. The largest absolute Gasteiger partial charge is 0.398 e. The van der Waals surface area contributed by atoms with Gasteiger partial charge >= 0.3 is 0 Å². The van der Waals surface area contributed by atoms with Gasteiger partial charge in [-0.15, -0.1) is 0 Å². The molecule has 0 aliphatic heterocycles. The van der Waals surface area contributed by atoms with Gasteiger partial charge in [0.25, 0.3) is 5.91 Å². The highest BCUT2D eigenvalue weighted by molar-refractivity contribution is 7.89. The van der Waals surface area contributed by atoms with Crippen LogP contribution in [-0.4, -0.2) is 45.0 Å². The summed E-state index contributed by atoms with van der Waals surface area (Å²) in [6.45, 7) is 1.83. The van der Waals surface area contributed by atoms with E-state index in [4.69, 9.17) is 5.73 Å². The number of nitrogen functional groups attached to an aromatic ring is 1. The number of hydrogen-bond donors (Lipinski definition) is 2. The first-order chi connectivity index (χ1) is 8.75. The Morgan fingerprint density at radius 3 is 2.53 bits per heavy atom. The van der Waals surface area contributed by atoms with Crippen molar-refractivity contribution < 1.29 is 13.2 Å². The first kappa shape index (κ1) is 15.5. The van der Waals surface area contributed by atoms with Crippen molar-refractivity contribution in [2.24, 2.45) is 0 Å². The van der Waals surface area contributed by atoms with Crippen molar-refractivity contribution in [3.05, 3.63) is 29.3 Å². The van der Waals surface area contributed by atoms with Crippen LogP contribution in [-0.2, 0) is 10.0 Å². The summed E-state index contributed by atoms with van der Waals surface area (Å²) in [6, 6.07) is 5.18. The van der Waals surface area contributed by atoms with Crippen LogP contribution in [0.4, 0.5) is 5.69 Å². The Labute approximate surface area is 113 Å². The van der Waals surface area contributed by atoms with Crippen molar-refractivity contribution in [2.75, 3.05) is 32.1 Å². The zero-order valence-electron chi connectivity index (χ0n) is 11.3. The van der Waals surface area contributed by atoms with Crippen molar-refractivity contribution in [1.29, 1.82) is 0 Å². The topological polar surface area (TPSA) is 92.5 Å². The lowest BCUT2D eigenvalue weighted by molar-refractivity contribution is 0.0956. The van der Waals surface area contributed by atoms with E-state index in [-0.39, 0.29) is 18.2 Å². The minimum Gasteiger partial charge on any atom is -0.398 e. The fraction of sp³-hybridized carbons (Fsp3) is 0.417. The minimum atomic E-state index is -3.31. The molecule has 0 aromatic heterocycles. The van der Waals surface area contributed by atoms with Crippen molar-refractivity contribution in [3.63, 3.8) is 0 Å². The van der Waals surface area contributed by atoms with E-state index in [0.717, 1.165) is 9.87 Å². The van der Waals surface area contributed by atoms with Crippen LogP contribution in [0.15, 0.2) is 18.2 Å². The van der Waals surface area contributed by atoms with Crippen LogP contribution in [0, 0.1) is 6.92 Å². The van der Waals surface area contributed by atoms with Crippen LogP contribution in [0.5, 0.6) is 0 Å². The van der Waals surface area contributed by atoms with Crippen LogP contribution in [0.25, 0.3) is 0 Å². The lowest BCUT2D eigenvalue weighted by Crippen LogP contribution is -2.34. The standard InChI is InChI=1S/C12H19N3O3S/c1-9-5-4-6-10(13)11(9)12(16)14-7-8-19(17,18)15(2)3/h4-6H,7-8,13H2,1-3H3,(H,14,16). The van der Waals surface area contributed by atoms with Gasteiger partial charge in [0.2, 0.25) is 10.0 Å². The van der Waals surface area contributed by atoms with Crippen LogP contribution < -0.4 is 11.1 Å². The number of nitrogens with one attached hydrogen (secondary N) is 1. The summed E-state index contributed by atoms with van der Waals surface area (Å²) < 4.78 is 24.2. The zero-order chi connectivity index (χ0) is 14.6. The molecule has 0 aliphatic rings. The molecule has 1 amide bonds. The lowest BCUT2D eigenvalue weighted by Gasteiger charge is -2.13. The third-order valence-corrected chi connectivity index (χ3v) is 4.57. The van der Waals surface area contributed by atoms with Crippen LogP contribution in [0.3, 0.4) is 0 Å². The lowest BCUT2D eigenvalue weighted by atomic mass is 10.1. The number of hydrogen-bond acceptors (Lipinski definition) is 4. The summed E-state index contributed by atoms with van der Waals surface area (Å²) in [5.74, 6) is -0.498. The van der Waals surface area contributed by atoms with Gasteiger partial charge in [0.1, 0.15) is 0 Å². The number of anilines is 1. The van der Waals surface area contributed by atoms with E-state index in [1.165, 1.54) is 14.1 Å². The maximum Gasteiger partial charge on any atom is 0.253 e. The number of carbonyl (C=O) groups is 1. The number of carbonyl (C=O) groups excluding carboxylic acids is 1. The summed E-state index contributed by atoms with van der Waals surface area (Å²) >= 11 is 0. The molecule has 0 saturated heterocycles. The molecule has 1 rings (SSSR count). The number of sulfonamides is 1. The SMILES string of the molecule is Cc1cccc(N)c1C(=O)NCCS(=O)(=O)N(C)C. The van der Waals surface area contributed by atoms with Crippen LogP contribution in [0.1, 0.15) is 15.9 Å². The normalized spacial score (nSPS) is 11.6. The van der Waals surface area contributed by atoms with Gasteiger partial charge in [0, 0.05) is 26.3 Å². The molecule has 6 nitrogen and oxygen atoms in total. The molecule has 0 saturated carbocycles. The molecule has 0 spiro atoms. The van der Waals surface area contributed by atoms with Gasteiger partial charge in [-0.1, -0.05) is 12.1 Å². The summed E-state index contributed by atoms with van der Waals surface area (Å²) in [5, 5.41) is 2.57. The third kappa shape index (κ3) is 3.93. The Hall–Kier alpha value is -1.60. The van der Waals surface area contributed by atoms with Crippen molar-refractivity contribution in [1.82, 2.24) is 9.62 Å². The fourth-order valence-corrected chi connectivity index (χ4v) is 2.29. The highest BCUT2D eigenvalue weighted by atomic mass is 32.2. The van der Waals surface area contributed by atoms with E-state index in [2.05, 4.69) is 5.32 Å². The van der Waals surface area contributed by atoms with Gasteiger partial charge < -0.3 is 11.1 Å². The number of amides is 1. The molecule has 0 radical (unpaired) electrons. The number of aryl methyl sites for hydroxylation is 1. The highest BCUT2D eigenvalue weighted by Gasteiger charge is 2.16. The quantitative estimate of drug-likeness (QED) is 0.756. The Kier molecular flexibility index (Phi) is 4.90. The molecule has 0 aliphatic carbocycles. The predicted octanol–water partition coefficient (Wildman–Crippen LogP) is 0.198. The second kappa shape index (κ2) is 6.03. The van der Waals surface area contributed by atoms with Crippen molar-refractivity contribution in [2.45, 2.75) is 6.92 Å². The molecule has 7 heteroatoms. The second-order valence-corrected chi connectivity index (χ2v) is 6.70. The average Bonchev–Trinajstić information content (AvgIpc) is 2.28. The van der Waals surface area contributed by atoms with E-state index in [9.17, 15) is 13.2 Å². The molecular formula is C12H19N3O3S. The van der Waals surface area contributed by atoms with Gasteiger partial charge in [-0.3, -0.25) is 4.79 Å². The molecule has 0 heterocycles. The van der Waals surface area contributed by atoms with Gasteiger partial charge in [-0.2, -0.15) is 0 Å². The minimum absolute atomic E-state index is 0.0487. The number of nitrogens with two attached hydrogens (primary N) is 1. The third-order valence-electron chi connectivity index (χ3n) is 2.73. The van der Waals surface area contributed by atoms with E-state index >= 15 is 0 Å². The molecule has 0 bridgehead atoms. The van der Waals surface area contributed by atoms with Gasteiger partial charge in [-0.05, 0) is 18.6 Å². The first-order valence-electron chi connectivity index (χ1n) is 5.79. The maximum absolute atomic E-state index is 11.9. The first-order valence-corrected chi connectivity index (χ1v) is 7.40. The molecule has 0 unspecified atom stereocenters. The van der Waals surface area contributed by atoms with Crippen molar-refractivity contribution >= 4 is 21.6 Å². The summed E-state index contributed by atoms with van der Waals surface area (Å²) in [7, 11) is -0.399. The average molecular weight is 285 g/mol. The van der Waals surface area contributed by atoms with Gasteiger partial charge in [0.05, 0.1) is 11.3 Å². The van der Waals surface area contributed by atoms with Crippen molar-refractivity contribution in [3.8, 4) is 0 Å². The van der Waals surface area contributed by atoms with Gasteiger partial charge in [0.15, 0.2) is 0 Å². The molecule has 3 N–H and O–H groups in total. The zero-order valence-corrected chi connectivity index (χ0v) is 12.1. The monoisotopic (exact) mass is 285 g/mol. The number of nitrogens with zero attached hydrogens (tertiary/aromatic N) is 1. The Balaban J connectivity index is 2.68. The summed E-state index contributed by atoms with van der Waals surface area (Å²) in [6.07, 6.45) is 0. The van der Waals surface area contributed by atoms with E-state index in [0.29, 0.717) is 11.3 Å². The highest BCUT2D eigenvalue weighted by Crippen LogP contribution is 2.15. The second-order valence-electron chi connectivity index (χ2n) is 4.39. The summed E-state index contributed by atoms with van der Waals surface area (Å²) in [5.41, 5.74) is 7.27. The van der Waals surface area contributed by atoms with Crippen LogP contribution in [0.2, 0.25) is 0 Å². The van der Waals surface area contributed by atoms with Gasteiger partial charge in [-0.25, -0.2) is 12.7 Å². The number of rotatable bonds is 5. The molecule has 19 heavy (non-hydrogen) atoms. The van der Waals surface area contributed by atoms with Crippen LogP contribution >= 0.6 is 0 Å². The Morgan fingerprint density at radius 1 is 1.37 bits per heavy atom. The maximum atomic E-state index is 11.9. The molecule has 0 atom stereocenters. The van der Waals surface area contributed by atoms with E-state index in [1.807, 2.05) is 0 Å². The Morgan fingerprint density at radius 2 is 2.00 bits per heavy atom. The van der Waals surface area contributed by atoms with E-state index < -0.39 is 10.0 Å². The fourth-order valence-electron chi connectivity index (χ4n) is 1.57. The molecule has 1 aromatic rings. The molecule has 106 valence electrons. The van der Waals surface area contributed by atoms with E-state index in [1.54, 1.807) is 25.1 Å². The Bertz CT molecular complexity index is 547. The summed E-state index contributed by atoms with van der Waals surface area (Å²) in [4.78, 5) is 11.9. The number of benzene rings is 1.